The molecule has 0 rings (SSSR count). The average Bonchev–Trinajstić information content (AvgIpc) is 2.69. The van der Waals surface area contributed by atoms with Gasteiger partial charge in [0.2, 0.25) is 0 Å². The number of hydrogen-bond donors (Lipinski definition) is 5. The van der Waals surface area contributed by atoms with Crippen molar-refractivity contribution in [3.63, 3.8) is 0 Å². The molecule has 0 aliphatic carbocycles. The second-order valence-electron chi connectivity index (χ2n) is 7.79. The lowest BCUT2D eigenvalue weighted by molar-refractivity contribution is -0.141. The number of carboxylic acid groups (broad SMARTS) is 1. The number of rotatable bonds is 21. The first-order chi connectivity index (χ1) is 14.7. The van der Waals surface area contributed by atoms with E-state index in [0.29, 0.717) is 6.42 Å². The Labute approximate surface area is 186 Å². The summed E-state index contributed by atoms with van der Waals surface area (Å²) in [5.41, 5.74) is 16.0. The molecule has 0 aromatic rings. The van der Waals surface area contributed by atoms with Gasteiger partial charge in [0.25, 0.3) is 0 Å². The zero-order valence-corrected chi connectivity index (χ0v) is 19.8. The SMILES string of the molecule is CCCCCCCCCCCCCCOP(=O)(O)OC(CCN=C(N)N)[C@H](N)C(=O)O. The molecule has 0 saturated heterocycles. The average molecular weight is 467 g/mol. The number of phosphoric acid groups is 1. The van der Waals surface area contributed by atoms with Crippen LogP contribution >= 0.6 is 7.82 Å². The summed E-state index contributed by atoms with van der Waals surface area (Å²) in [5, 5.41) is 9.05. The number of guanidine groups is 1. The number of aliphatic imine (C=N–C) groups is 1. The zero-order chi connectivity index (χ0) is 23.5. The fraction of sp³-hybridized carbons (Fsp3) is 0.900. The summed E-state index contributed by atoms with van der Waals surface area (Å²) in [5.74, 6) is -1.55. The molecule has 0 spiro atoms. The summed E-state index contributed by atoms with van der Waals surface area (Å²) in [6.45, 7) is 2.28. The predicted molar refractivity (Wildman–Crippen MR) is 123 cm³/mol. The highest BCUT2D eigenvalue weighted by Crippen LogP contribution is 2.45. The summed E-state index contributed by atoms with van der Waals surface area (Å²) >= 11 is 0. The molecule has 0 amide bonds. The van der Waals surface area contributed by atoms with Gasteiger partial charge in [-0.1, -0.05) is 77.6 Å². The minimum Gasteiger partial charge on any atom is -0.480 e. The standard InChI is InChI=1S/C20H43N4O6P/c1-2-3-4-5-6-7-8-9-10-11-12-13-16-29-31(27,28)30-17(18(21)19(25)26)14-15-24-20(22)23/h17-18H,2-16,21H2,1H3,(H,25,26)(H,27,28)(H4,22,23,24)/t17?,18-/m0/s1. The summed E-state index contributed by atoms with van der Waals surface area (Å²) in [6, 6.07) is -1.51. The first-order valence-electron chi connectivity index (χ1n) is 11.4. The highest BCUT2D eigenvalue weighted by molar-refractivity contribution is 7.47. The Morgan fingerprint density at radius 2 is 1.45 bits per heavy atom. The van der Waals surface area contributed by atoms with Gasteiger partial charge in [-0.2, -0.15) is 0 Å². The number of phosphoric ester groups is 1. The normalized spacial score (nSPS) is 15.2. The summed E-state index contributed by atoms with van der Waals surface area (Å²) < 4.78 is 22.1. The van der Waals surface area contributed by atoms with Crippen molar-refractivity contribution in [2.75, 3.05) is 13.2 Å². The topological polar surface area (TPSA) is 183 Å². The minimum absolute atomic E-state index is 0.00667. The Hall–Kier alpha value is -1.19. The second-order valence-corrected chi connectivity index (χ2v) is 9.20. The van der Waals surface area contributed by atoms with Crippen LogP contribution in [0.3, 0.4) is 0 Å². The van der Waals surface area contributed by atoms with Crippen molar-refractivity contribution in [3.8, 4) is 0 Å². The van der Waals surface area contributed by atoms with Gasteiger partial charge in [-0.3, -0.25) is 18.8 Å². The van der Waals surface area contributed by atoms with E-state index in [1.807, 2.05) is 0 Å². The smallest absolute Gasteiger partial charge is 0.472 e. The van der Waals surface area contributed by atoms with E-state index < -0.39 is 25.9 Å². The summed E-state index contributed by atoms with van der Waals surface area (Å²) in [7, 11) is -4.44. The lowest BCUT2D eigenvalue weighted by Gasteiger charge is -2.23. The third kappa shape index (κ3) is 18.1. The van der Waals surface area contributed by atoms with Crippen molar-refractivity contribution in [1.82, 2.24) is 0 Å². The van der Waals surface area contributed by atoms with E-state index in [1.165, 1.54) is 51.4 Å². The van der Waals surface area contributed by atoms with Crippen molar-refractivity contribution in [1.29, 1.82) is 0 Å². The number of unbranched alkanes of at least 4 members (excludes halogenated alkanes) is 11. The molecule has 10 nitrogen and oxygen atoms in total. The Kier molecular flexibility index (Phi) is 17.7. The van der Waals surface area contributed by atoms with E-state index in [0.717, 1.165) is 19.3 Å². The first-order valence-corrected chi connectivity index (χ1v) is 12.9. The van der Waals surface area contributed by atoms with Crippen molar-refractivity contribution in [2.45, 2.75) is 103 Å². The molecule has 0 saturated carbocycles. The van der Waals surface area contributed by atoms with E-state index in [2.05, 4.69) is 11.9 Å². The predicted octanol–water partition coefficient (Wildman–Crippen LogP) is 3.27. The summed E-state index contributed by atoms with van der Waals surface area (Å²) in [6.07, 6.45) is 12.7. The van der Waals surface area contributed by atoms with E-state index >= 15 is 0 Å². The van der Waals surface area contributed by atoms with E-state index in [9.17, 15) is 14.3 Å². The molecule has 0 bridgehead atoms. The van der Waals surface area contributed by atoms with E-state index in [1.54, 1.807) is 0 Å². The molecular weight excluding hydrogens is 423 g/mol. The first kappa shape index (κ1) is 29.8. The molecule has 184 valence electrons. The van der Waals surface area contributed by atoms with E-state index in [4.69, 9.17) is 31.4 Å². The maximum absolute atomic E-state index is 12.1. The monoisotopic (exact) mass is 466 g/mol. The maximum atomic E-state index is 12.1. The van der Waals surface area contributed by atoms with Crippen LogP contribution in [0, 0.1) is 0 Å². The van der Waals surface area contributed by atoms with Gasteiger partial charge in [0.05, 0.1) is 12.7 Å². The largest absolute Gasteiger partial charge is 0.480 e. The fourth-order valence-corrected chi connectivity index (χ4v) is 4.10. The highest BCUT2D eigenvalue weighted by atomic mass is 31.2. The quantitative estimate of drug-likeness (QED) is 0.0733. The molecular formula is C20H43N4O6P. The van der Waals surface area contributed by atoms with Crippen LogP contribution in [0.5, 0.6) is 0 Å². The molecule has 3 atom stereocenters. The van der Waals surface area contributed by atoms with Crippen LogP contribution in [0.25, 0.3) is 0 Å². The van der Waals surface area contributed by atoms with Gasteiger partial charge in [0, 0.05) is 6.54 Å². The number of carbonyl (C=O) groups is 1. The molecule has 11 heteroatoms. The third-order valence-corrected chi connectivity index (χ3v) is 5.96. The van der Waals surface area contributed by atoms with Crippen LogP contribution in [-0.4, -0.2) is 47.2 Å². The lowest BCUT2D eigenvalue weighted by Crippen LogP contribution is -2.43. The number of hydrogen-bond acceptors (Lipinski definition) is 6. The zero-order valence-electron chi connectivity index (χ0n) is 18.9. The molecule has 31 heavy (non-hydrogen) atoms. The van der Waals surface area contributed by atoms with Crippen molar-refractivity contribution >= 4 is 19.8 Å². The van der Waals surface area contributed by atoms with Crippen LogP contribution in [0.1, 0.15) is 90.4 Å². The van der Waals surface area contributed by atoms with Crippen LogP contribution in [0.4, 0.5) is 0 Å². The number of nitrogens with two attached hydrogens (primary N) is 3. The number of aliphatic carboxylic acids is 1. The molecule has 0 aliphatic rings. The number of carboxylic acids is 1. The van der Waals surface area contributed by atoms with Crippen LogP contribution < -0.4 is 17.2 Å². The summed E-state index contributed by atoms with van der Waals surface area (Å²) in [4.78, 5) is 24.7. The van der Waals surface area contributed by atoms with Gasteiger partial charge in [-0.05, 0) is 12.8 Å². The lowest BCUT2D eigenvalue weighted by atomic mass is 10.1. The van der Waals surface area contributed by atoms with E-state index in [-0.39, 0.29) is 25.5 Å². The molecule has 2 unspecified atom stereocenters. The molecule has 0 aromatic carbocycles. The molecule has 8 N–H and O–H groups in total. The van der Waals surface area contributed by atoms with Crippen molar-refractivity contribution in [2.24, 2.45) is 22.2 Å². The Bertz CT molecular complexity index is 546. The van der Waals surface area contributed by atoms with Crippen LogP contribution in [-0.2, 0) is 18.4 Å². The maximum Gasteiger partial charge on any atom is 0.472 e. The van der Waals surface area contributed by atoms with Gasteiger partial charge in [-0.15, -0.1) is 0 Å². The molecule has 0 heterocycles. The Morgan fingerprint density at radius 3 is 1.90 bits per heavy atom. The molecule has 0 aliphatic heterocycles. The van der Waals surface area contributed by atoms with Gasteiger partial charge < -0.3 is 27.2 Å². The van der Waals surface area contributed by atoms with Crippen molar-refractivity contribution < 1.29 is 28.4 Å². The second kappa shape index (κ2) is 18.4. The van der Waals surface area contributed by atoms with Gasteiger partial charge in [0.15, 0.2) is 5.96 Å². The number of nitrogens with zero attached hydrogens (tertiary/aromatic N) is 1. The minimum atomic E-state index is -4.44. The Morgan fingerprint density at radius 1 is 0.968 bits per heavy atom. The Balaban J connectivity index is 3.99. The third-order valence-electron chi connectivity index (χ3n) is 4.91. The van der Waals surface area contributed by atoms with Crippen LogP contribution in [0.2, 0.25) is 0 Å². The van der Waals surface area contributed by atoms with Gasteiger partial charge in [-0.25, -0.2) is 4.57 Å². The van der Waals surface area contributed by atoms with Crippen molar-refractivity contribution in [3.05, 3.63) is 0 Å². The fourth-order valence-electron chi connectivity index (χ4n) is 3.10. The highest BCUT2D eigenvalue weighted by Gasteiger charge is 2.33. The van der Waals surface area contributed by atoms with Crippen LogP contribution in [0.15, 0.2) is 4.99 Å². The molecule has 0 aromatic heterocycles. The van der Waals surface area contributed by atoms with Gasteiger partial charge >= 0.3 is 13.8 Å². The molecule has 0 radical (unpaired) electrons. The van der Waals surface area contributed by atoms with Gasteiger partial charge in [0.1, 0.15) is 6.04 Å². The molecule has 0 fully saturated rings.